The topological polar surface area (TPSA) is 106 Å². The Morgan fingerprint density at radius 3 is 2.63 bits per heavy atom. The molecule has 0 radical (unpaired) electrons. The Labute approximate surface area is 305 Å². The molecule has 1 N–H and O–H groups in total. The summed E-state index contributed by atoms with van der Waals surface area (Å²) in [7, 11) is 1.57. The van der Waals surface area contributed by atoms with E-state index in [2.05, 4.69) is 55.5 Å². The zero-order chi connectivity index (χ0) is 35.5. The van der Waals surface area contributed by atoms with Gasteiger partial charge in [0.05, 0.1) is 13.0 Å². The molecule has 2 unspecified atom stereocenters. The predicted molar refractivity (Wildman–Crippen MR) is 198 cm³/mol. The van der Waals surface area contributed by atoms with Crippen molar-refractivity contribution in [3.8, 4) is 17.2 Å². The summed E-state index contributed by atoms with van der Waals surface area (Å²) >= 11 is 2.43. The zero-order valence-corrected chi connectivity index (χ0v) is 32.1. The third-order valence-corrected chi connectivity index (χ3v) is 12.1. The van der Waals surface area contributed by atoms with Gasteiger partial charge in [-0.1, -0.05) is 80.5 Å². The molecule has 2 aliphatic heterocycles. The van der Waals surface area contributed by atoms with E-state index in [4.69, 9.17) is 14.2 Å². The Balaban J connectivity index is 1.48. The maximum absolute atomic E-state index is 14.5. The molecule has 0 aromatic heterocycles. The lowest BCUT2D eigenvalue weighted by Gasteiger charge is -2.49. The first-order valence-corrected chi connectivity index (χ1v) is 19.1. The predicted octanol–water partition coefficient (Wildman–Crippen LogP) is 7.89. The van der Waals surface area contributed by atoms with Crippen molar-refractivity contribution in [3.05, 3.63) is 53.3 Å². The van der Waals surface area contributed by atoms with Crippen molar-refractivity contribution in [2.45, 2.75) is 95.8 Å². The lowest BCUT2D eigenvalue weighted by atomic mass is 9.55. The standard InChI is InChI=1S/C39H53IN2O7/c1-7-8-18-42(28-11-9-10-26(12-13-28)25(2)40)33(43)23-39(5)16-14-29(27-21-31(47-6)35-32(22-27)48-24-49-35)34(36(44)45)30(39)15-19-41-20-17-38(3,4)37(41)46/h9-11,13,21-22,25,29-30,34H,7-8,12,14-20,23-24H2,1-6H3,(H,44,45)/t25?,29-,30+,34-,39?/m1/s1. The maximum atomic E-state index is 14.5. The summed E-state index contributed by atoms with van der Waals surface area (Å²) in [6.45, 7) is 12.2. The number of allylic oxidation sites excluding steroid dienone is 5. The molecule has 2 fully saturated rings. The number of benzene rings is 1. The van der Waals surface area contributed by atoms with Crippen LogP contribution in [-0.2, 0) is 14.4 Å². The molecule has 0 spiro atoms. The fraction of sp³-hybridized carbons (Fsp3) is 0.615. The molecule has 268 valence electrons. The Hall–Kier alpha value is -3.02. The molecular weight excluding hydrogens is 735 g/mol. The summed E-state index contributed by atoms with van der Waals surface area (Å²) in [5.41, 5.74) is 2.02. The van der Waals surface area contributed by atoms with Gasteiger partial charge in [-0.2, -0.15) is 0 Å². The van der Waals surface area contributed by atoms with Crippen LogP contribution in [0, 0.1) is 22.7 Å². The first-order chi connectivity index (χ1) is 23.3. The van der Waals surface area contributed by atoms with Gasteiger partial charge in [0, 0.05) is 41.1 Å². The van der Waals surface area contributed by atoms with Crippen LogP contribution in [0.5, 0.6) is 17.2 Å². The molecule has 4 aliphatic rings. The number of alkyl halides is 1. The molecule has 10 heteroatoms. The van der Waals surface area contributed by atoms with Crippen molar-refractivity contribution < 1.29 is 33.7 Å². The van der Waals surface area contributed by atoms with Crippen molar-refractivity contribution >= 4 is 40.4 Å². The number of fused-ring (bicyclic) bond motifs is 1. The summed E-state index contributed by atoms with van der Waals surface area (Å²) in [5.74, 6) is -0.629. The molecule has 1 saturated carbocycles. The van der Waals surface area contributed by atoms with Gasteiger partial charge in [-0.05, 0) is 86.5 Å². The second-order valence-corrected chi connectivity index (χ2v) is 16.9. The monoisotopic (exact) mass is 788 g/mol. The third kappa shape index (κ3) is 7.99. The normalized spacial score (nSPS) is 26.6. The number of carbonyl (C=O) groups excluding carboxylic acids is 2. The number of methoxy groups -OCH3 is 1. The lowest BCUT2D eigenvalue weighted by Crippen LogP contribution is -2.48. The summed E-state index contributed by atoms with van der Waals surface area (Å²) in [4.78, 5) is 45.0. The van der Waals surface area contributed by atoms with Gasteiger partial charge in [-0.15, -0.1) is 0 Å². The number of ether oxygens (including phenoxy) is 3. The van der Waals surface area contributed by atoms with Crippen LogP contribution in [0.25, 0.3) is 0 Å². The molecule has 49 heavy (non-hydrogen) atoms. The highest BCUT2D eigenvalue weighted by molar-refractivity contribution is 14.1. The largest absolute Gasteiger partial charge is 0.493 e. The van der Waals surface area contributed by atoms with Crippen molar-refractivity contribution in [1.29, 1.82) is 0 Å². The van der Waals surface area contributed by atoms with E-state index in [1.165, 1.54) is 5.57 Å². The van der Waals surface area contributed by atoms with Gasteiger partial charge in [0.1, 0.15) is 0 Å². The fourth-order valence-corrected chi connectivity index (χ4v) is 8.69. The first-order valence-electron chi connectivity index (χ1n) is 17.8. The summed E-state index contributed by atoms with van der Waals surface area (Å²) in [6, 6.07) is 3.76. The molecule has 1 aromatic carbocycles. The van der Waals surface area contributed by atoms with Crippen LogP contribution in [0.4, 0.5) is 0 Å². The Kier molecular flexibility index (Phi) is 11.8. The highest BCUT2D eigenvalue weighted by Gasteiger charge is 2.52. The number of likely N-dealkylation sites (tertiary alicyclic amines) is 1. The van der Waals surface area contributed by atoms with Crippen LogP contribution in [0.15, 0.2) is 47.7 Å². The van der Waals surface area contributed by atoms with E-state index in [9.17, 15) is 19.5 Å². The minimum Gasteiger partial charge on any atom is -0.493 e. The minimum atomic E-state index is -0.887. The van der Waals surface area contributed by atoms with Crippen molar-refractivity contribution in [1.82, 2.24) is 9.80 Å². The summed E-state index contributed by atoms with van der Waals surface area (Å²) < 4.78 is 17.4. The molecule has 5 rings (SSSR count). The summed E-state index contributed by atoms with van der Waals surface area (Å²) in [5, 5.41) is 11.0. The van der Waals surface area contributed by atoms with Crippen molar-refractivity contribution in [2.24, 2.45) is 22.7 Å². The average molecular weight is 789 g/mol. The lowest BCUT2D eigenvalue weighted by molar-refractivity contribution is -0.152. The quantitative estimate of drug-likeness (QED) is 0.160. The van der Waals surface area contributed by atoms with Gasteiger partial charge in [0.2, 0.25) is 24.4 Å². The highest BCUT2D eigenvalue weighted by Crippen LogP contribution is 2.56. The second-order valence-electron chi connectivity index (χ2n) is 15.1. The van der Waals surface area contributed by atoms with E-state index in [-0.39, 0.29) is 36.9 Å². The van der Waals surface area contributed by atoms with Crippen molar-refractivity contribution in [3.63, 3.8) is 0 Å². The van der Waals surface area contributed by atoms with Gasteiger partial charge in [0.15, 0.2) is 11.5 Å². The Bertz CT molecular complexity index is 1510. The van der Waals surface area contributed by atoms with E-state index in [0.717, 1.165) is 36.9 Å². The third-order valence-electron chi connectivity index (χ3n) is 11.3. The van der Waals surface area contributed by atoms with Crippen LogP contribution in [0.3, 0.4) is 0 Å². The molecule has 1 saturated heterocycles. The van der Waals surface area contributed by atoms with E-state index in [0.29, 0.717) is 60.1 Å². The van der Waals surface area contributed by atoms with Crippen LogP contribution in [0.2, 0.25) is 0 Å². The minimum absolute atomic E-state index is 0.0218. The van der Waals surface area contributed by atoms with Crippen LogP contribution in [0.1, 0.15) is 97.5 Å². The van der Waals surface area contributed by atoms with Gasteiger partial charge in [-0.25, -0.2) is 0 Å². The number of unbranched alkanes of at least 4 members (excludes halogenated alkanes) is 1. The first kappa shape index (κ1) is 37.2. The number of carbonyl (C=O) groups is 3. The molecule has 5 atom stereocenters. The maximum Gasteiger partial charge on any atom is 0.307 e. The number of halogens is 1. The van der Waals surface area contributed by atoms with Crippen LogP contribution >= 0.6 is 22.6 Å². The molecule has 2 heterocycles. The van der Waals surface area contributed by atoms with E-state index < -0.39 is 22.7 Å². The van der Waals surface area contributed by atoms with E-state index in [1.54, 1.807) is 7.11 Å². The average Bonchev–Trinajstić information content (AvgIpc) is 3.53. The number of hydrogen-bond acceptors (Lipinski definition) is 6. The van der Waals surface area contributed by atoms with E-state index >= 15 is 0 Å². The number of aliphatic carboxylic acids is 1. The zero-order valence-electron chi connectivity index (χ0n) is 29.9. The van der Waals surface area contributed by atoms with Gasteiger partial charge >= 0.3 is 5.97 Å². The molecule has 1 aromatic rings. The van der Waals surface area contributed by atoms with Gasteiger partial charge < -0.3 is 29.1 Å². The number of amides is 2. The molecule has 9 nitrogen and oxygen atoms in total. The molecule has 2 aliphatic carbocycles. The molecular formula is C39H53IN2O7. The highest BCUT2D eigenvalue weighted by atomic mass is 127. The number of rotatable bonds is 13. The van der Waals surface area contributed by atoms with Gasteiger partial charge in [-0.3, -0.25) is 14.4 Å². The SMILES string of the molecule is CCCCN(C(=O)CC1(C)CC[C@H](c2cc(OC)c3c(c2)OCO3)[C@@H](C(=O)O)[C@@H]1CCN1CCC(C)(C)C1=O)C1=CCC(C(C)I)=CC=C1. The Morgan fingerprint density at radius 1 is 1.20 bits per heavy atom. The summed E-state index contributed by atoms with van der Waals surface area (Å²) in [6.07, 6.45) is 13.7. The number of hydrogen-bond donors (Lipinski definition) is 1. The molecule has 2 amide bonds. The number of carboxylic acid groups (broad SMARTS) is 1. The van der Waals surface area contributed by atoms with Crippen molar-refractivity contribution in [2.75, 3.05) is 33.5 Å². The number of nitrogens with zero attached hydrogens (tertiary/aromatic N) is 2. The molecule has 0 bridgehead atoms. The van der Waals surface area contributed by atoms with E-state index in [1.807, 2.05) is 47.9 Å². The number of carboxylic acids is 1. The smallest absolute Gasteiger partial charge is 0.307 e. The Morgan fingerprint density at radius 2 is 1.98 bits per heavy atom. The second kappa shape index (κ2) is 15.5. The van der Waals surface area contributed by atoms with Crippen LogP contribution in [-0.4, -0.2) is 70.2 Å². The van der Waals surface area contributed by atoms with Gasteiger partial charge in [0.25, 0.3) is 0 Å². The van der Waals surface area contributed by atoms with Crippen LogP contribution < -0.4 is 14.2 Å². The fourth-order valence-electron chi connectivity index (χ4n) is 8.23.